The van der Waals surface area contributed by atoms with Crippen LogP contribution in [0, 0.1) is 0 Å². The van der Waals surface area contributed by atoms with Crippen LogP contribution in [0.2, 0.25) is 0 Å². The molecule has 0 saturated heterocycles. The lowest BCUT2D eigenvalue weighted by molar-refractivity contribution is -0.145. The first-order valence-corrected chi connectivity index (χ1v) is 4.61. The summed E-state index contributed by atoms with van der Waals surface area (Å²) in [6.45, 7) is 3.23. The van der Waals surface area contributed by atoms with E-state index in [1.807, 2.05) is 10.1 Å². The van der Waals surface area contributed by atoms with E-state index >= 15 is 0 Å². The molecule has 1 rings (SSSR count). The van der Waals surface area contributed by atoms with E-state index in [9.17, 15) is 14.4 Å². The summed E-state index contributed by atoms with van der Waals surface area (Å²) in [6.07, 6.45) is -0.226. The van der Waals surface area contributed by atoms with Gasteiger partial charge in [-0.3, -0.25) is 14.6 Å². The second-order valence-corrected chi connectivity index (χ2v) is 3.25. The number of hydrogen-bond donors (Lipinski definition) is 3. The summed E-state index contributed by atoms with van der Waals surface area (Å²) in [5, 5.41) is 7.90. The average Bonchev–Trinajstić information content (AvgIpc) is 2.15. The molecule has 1 aromatic heterocycles. The molecule has 0 aliphatic heterocycles. The minimum atomic E-state index is -0.708. The fraction of sp³-hybridized carbons (Fsp3) is 0.500. The molecule has 0 bridgehead atoms. The van der Waals surface area contributed by atoms with Crippen molar-refractivity contribution in [2.75, 3.05) is 11.9 Å². The van der Waals surface area contributed by atoms with Gasteiger partial charge in [0.05, 0.1) is 6.10 Å². The Morgan fingerprint density at radius 3 is 2.75 bits per heavy atom. The van der Waals surface area contributed by atoms with Crippen LogP contribution in [-0.2, 0) is 9.53 Å². The van der Waals surface area contributed by atoms with Crippen LogP contribution >= 0.6 is 0 Å². The molecule has 88 valence electrons. The lowest BCUT2D eigenvalue weighted by atomic mass is 10.5. The molecule has 0 aliphatic rings. The number of H-pyrrole nitrogens is 2. The van der Waals surface area contributed by atoms with Crippen molar-refractivity contribution in [1.29, 1.82) is 0 Å². The zero-order valence-electron chi connectivity index (χ0n) is 8.86. The Labute approximate surface area is 90.0 Å². The smallest absolute Gasteiger partial charge is 0.342 e. The summed E-state index contributed by atoms with van der Waals surface area (Å²) in [4.78, 5) is 34.8. The third kappa shape index (κ3) is 3.56. The number of carbonyl (C=O) groups is 1. The predicted octanol–water partition coefficient (Wildman–Crippen LogP) is -1.18. The molecule has 0 aromatic carbocycles. The van der Waals surface area contributed by atoms with E-state index in [1.165, 1.54) is 0 Å². The second kappa shape index (κ2) is 5.10. The van der Waals surface area contributed by atoms with Crippen LogP contribution in [-0.4, -0.2) is 33.8 Å². The Morgan fingerprint density at radius 2 is 2.19 bits per heavy atom. The predicted molar refractivity (Wildman–Crippen MR) is 55.2 cm³/mol. The second-order valence-electron chi connectivity index (χ2n) is 3.25. The Balaban J connectivity index is 2.58. The minimum absolute atomic E-state index is 0.139. The molecule has 0 saturated carbocycles. The van der Waals surface area contributed by atoms with Crippen LogP contribution in [0.4, 0.5) is 5.82 Å². The Kier molecular flexibility index (Phi) is 3.81. The van der Waals surface area contributed by atoms with Gasteiger partial charge in [-0.15, -0.1) is 5.10 Å². The molecule has 16 heavy (non-hydrogen) atoms. The van der Waals surface area contributed by atoms with Gasteiger partial charge in [0.25, 0.3) is 5.56 Å². The molecule has 1 heterocycles. The highest BCUT2D eigenvalue weighted by molar-refractivity contribution is 5.74. The normalized spacial score (nSPS) is 10.2. The van der Waals surface area contributed by atoms with Gasteiger partial charge >= 0.3 is 11.7 Å². The summed E-state index contributed by atoms with van der Waals surface area (Å²) >= 11 is 0. The Hall–Kier alpha value is -2.12. The summed E-state index contributed by atoms with van der Waals surface area (Å²) in [5.74, 6) is -0.650. The SMILES string of the molecule is CC(C)OC(=O)CNc1n[nH]c(=O)[nH]c1=O. The number of esters is 1. The maximum absolute atomic E-state index is 11.1. The van der Waals surface area contributed by atoms with Gasteiger partial charge in [-0.05, 0) is 13.8 Å². The molecule has 1 aromatic rings. The number of nitrogens with zero attached hydrogens (tertiary/aromatic N) is 1. The first-order chi connectivity index (χ1) is 7.49. The monoisotopic (exact) mass is 228 g/mol. The molecule has 0 aliphatic carbocycles. The molecule has 3 N–H and O–H groups in total. The van der Waals surface area contributed by atoms with Gasteiger partial charge in [-0.1, -0.05) is 0 Å². The van der Waals surface area contributed by atoms with E-state index in [4.69, 9.17) is 4.74 Å². The Morgan fingerprint density at radius 1 is 1.50 bits per heavy atom. The van der Waals surface area contributed by atoms with Gasteiger partial charge in [0.15, 0.2) is 0 Å². The number of rotatable bonds is 4. The zero-order chi connectivity index (χ0) is 12.1. The third-order valence-corrected chi connectivity index (χ3v) is 1.48. The van der Waals surface area contributed by atoms with Crippen molar-refractivity contribution >= 4 is 11.8 Å². The van der Waals surface area contributed by atoms with Crippen molar-refractivity contribution in [3.8, 4) is 0 Å². The summed E-state index contributed by atoms with van der Waals surface area (Å²) in [6, 6.07) is 0. The van der Waals surface area contributed by atoms with Crippen molar-refractivity contribution in [2.24, 2.45) is 0 Å². The molecule has 0 amide bonds. The zero-order valence-corrected chi connectivity index (χ0v) is 8.86. The standard InChI is InChI=1S/C8H12N4O4/c1-4(2)16-5(13)3-9-6-7(14)10-8(15)12-11-6/h4H,3H2,1-2H3,(H,9,11)(H2,10,12,14,15). The number of ether oxygens (including phenoxy) is 1. The van der Waals surface area contributed by atoms with Gasteiger partial charge in [0.2, 0.25) is 5.82 Å². The molecular weight excluding hydrogens is 216 g/mol. The van der Waals surface area contributed by atoms with Crippen molar-refractivity contribution in [2.45, 2.75) is 20.0 Å². The highest BCUT2D eigenvalue weighted by Gasteiger charge is 2.07. The van der Waals surface area contributed by atoms with Gasteiger partial charge in [-0.2, -0.15) is 0 Å². The molecular formula is C8H12N4O4. The van der Waals surface area contributed by atoms with Crippen LogP contribution < -0.4 is 16.6 Å². The lowest BCUT2D eigenvalue weighted by Gasteiger charge is -2.08. The van der Waals surface area contributed by atoms with Crippen LogP contribution in [0.15, 0.2) is 9.59 Å². The van der Waals surface area contributed by atoms with Crippen LogP contribution in [0.1, 0.15) is 13.8 Å². The number of aromatic nitrogens is 3. The lowest BCUT2D eigenvalue weighted by Crippen LogP contribution is -2.29. The first kappa shape index (κ1) is 12.0. The number of carbonyl (C=O) groups excluding carboxylic acids is 1. The summed E-state index contributed by atoms with van der Waals surface area (Å²) in [5.41, 5.74) is -1.40. The molecule has 0 fully saturated rings. The summed E-state index contributed by atoms with van der Waals surface area (Å²) in [7, 11) is 0. The van der Waals surface area contributed by atoms with E-state index in [0.717, 1.165) is 0 Å². The van der Waals surface area contributed by atoms with Crippen LogP contribution in [0.25, 0.3) is 0 Å². The van der Waals surface area contributed by atoms with Gasteiger partial charge < -0.3 is 10.1 Å². The summed E-state index contributed by atoms with van der Waals surface area (Å²) < 4.78 is 4.82. The van der Waals surface area contributed by atoms with Crippen molar-refractivity contribution in [1.82, 2.24) is 15.2 Å². The number of hydrogen-bond acceptors (Lipinski definition) is 6. The van der Waals surface area contributed by atoms with Crippen molar-refractivity contribution < 1.29 is 9.53 Å². The highest BCUT2D eigenvalue weighted by atomic mass is 16.5. The fourth-order valence-corrected chi connectivity index (χ4v) is 0.928. The molecule has 0 spiro atoms. The third-order valence-electron chi connectivity index (χ3n) is 1.48. The molecule has 8 nitrogen and oxygen atoms in total. The number of aromatic amines is 2. The number of nitrogens with one attached hydrogen (secondary N) is 3. The van der Waals surface area contributed by atoms with Gasteiger partial charge in [0, 0.05) is 0 Å². The molecule has 0 radical (unpaired) electrons. The van der Waals surface area contributed by atoms with E-state index in [0.29, 0.717) is 0 Å². The van der Waals surface area contributed by atoms with Crippen LogP contribution in [0.3, 0.4) is 0 Å². The number of anilines is 1. The molecule has 0 atom stereocenters. The van der Waals surface area contributed by atoms with E-state index in [2.05, 4.69) is 10.4 Å². The van der Waals surface area contributed by atoms with E-state index in [-0.39, 0.29) is 18.5 Å². The minimum Gasteiger partial charge on any atom is -0.462 e. The Bertz CT molecular complexity index is 475. The average molecular weight is 228 g/mol. The van der Waals surface area contributed by atoms with Crippen molar-refractivity contribution in [3.63, 3.8) is 0 Å². The van der Waals surface area contributed by atoms with E-state index in [1.54, 1.807) is 13.8 Å². The van der Waals surface area contributed by atoms with Gasteiger partial charge in [-0.25, -0.2) is 9.89 Å². The topological polar surface area (TPSA) is 117 Å². The maximum Gasteiger partial charge on any atom is 0.342 e. The molecule has 8 heteroatoms. The largest absolute Gasteiger partial charge is 0.462 e. The quantitative estimate of drug-likeness (QED) is 0.558. The van der Waals surface area contributed by atoms with Crippen LogP contribution in [0.5, 0.6) is 0 Å². The van der Waals surface area contributed by atoms with E-state index < -0.39 is 17.2 Å². The first-order valence-electron chi connectivity index (χ1n) is 4.61. The molecule has 0 unspecified atom stereocenters. The fourth-order valence-electron chi connectivity index (χ4n) is 0.928. The maximum atomic E-state index is 11.1. The highest BCUT2D eigenvalue weighted by Crippen LogP contribution is 1.91. The van der Waals surface area contributed by atoms with Crippen molar-refractivity contribution in [3.05, 3.63) is 20.8 Å². The van der Waals surface area contributed by atoms with Gasteiger partial charge in [0.1, 0.15) is 6.54 Å².